The fraction of sp³-hybridized carbons (Fsp3) is 0.544. The Morgan fingerprint density at radius 2 is 0.583 bits per heavy atom. The van der Waals surface area contributed by atoms with Crippen molar-refractivity contribution in [1.29, 1.82) is 0 Å². The van der Waals surface area contributed by atoms with E-state index in [1.54, 1.807) is 11.3 Å². The SMILES string of the molecule is Cc1c(C)c(C)n(C)c1C.Cc1nc(C)c(C)o1.Cc1nc(C)c(C)s1.Cc1nc(C)n(C)c1C.Cc1nc(C)n(C)c1C.Cc1nc(C)n(C)c1C.Cc1nc(C)n(C)c1C.Cc1nnc(C)c(C)c1C. The zero-order chi connectivity index (χ0) is 56.0. The van der Waals surface area contributed by atoms with Crippen LogP contribution in [-0.2, 0) is 35.2 Å². The number of rotatable bonds is 0. The summed E-state index contributed by atoms with van der Waals surface area (Å²) in [6, 6.07) is 0. The highest BCUT2D eigenvalue weighted by Crippen LogP contribution is 2.18. The second kappa shape index (κ2) is 28.3. The van der Waals surface area contributed by atoms with Gasteiger partial charge in [-0.15, -0.1) is 11.3 Å². The van der Waals surface area contributed by atoms with Crippen molar-refractivity contribution in [2.75, 3.05) is 0 Å². The van der Waals surface area contributed by atoms with Crippen molar-refractivity contribution in [3.8, 4) is 0 Å². The molecule has 0 aliphatic heterocycles. The predicted octanol–water partition coefficient (Wildman–Crippen LogP) is 13.0. The average molecular weight is 1010 g/mol. The summed E-state index contributed by atoms with van der Waals surface area (Å²) < 4.78 is 15.7. The highest BCUT2D eigenvalue weighted by molar-refractivity contribution is 7.11. The summed E-state index contributed by atoms with van der Waals surface area (Å²) >= 11 is 1.76. The molecule has 14 nitrogen and oxygen atoms in total. The van der Waals surface area contributed by atoms with Crippen LogP contribution in [0.25, 0.3) is 0 Å². The lowest BCUT2D eigenvalue weighted by molar-refractivity contribution is 0.493. The Bertz CT molecular complexity index is 2510. The molecule has 15 heteroatoms. The first-order valence-electron chi connectivity index (χ1n) is 24.6. The van der Waals surface area contributed by atoms with Gasteiger partial charge in [-0.3, -0.25) is 0 Å². The Labute approximate surface area is 438 Å². The molecule has 0 unspecified atom stereocenters. The monoisotopic (exact) mass is 1010 g/mol. The molecule has 8 heterocycles. The molecular weight excluding hydrogens is 915 g/mol. The van der Waals surface area contributed by atoms with Crippen molar-refractivity contribution in [2.24, 2.45) is 35.2 Å². The fourth-order valence-electron chi connectivity index (χ4n) is 6.94. The van der Waals surface area contributed by atoms with Gasteiger partial charge in [0, 0.05) is 81.2 Å². The van der Waals surface area contributed by atoms with Gasteiger partial charge >= 0.3 is 0 Å². The third kappa shape index (κ3) is 18.0. The summed E-state index contributed by atoms with van der Waals surface area (Å²) in [7, 11) is 10.2. The van der Waals surface area contributed by atoms with Gasteiger partial charge in [-0.25, -0.2) is 29.9 Å². The Hall–Kier alpha value is -5.96. The summed E-state index contributed by atoms with van der Waals surface area (Å²) in [5.41, 5.74) is 21.9. The molecule has 0 atom stereocenters. The van der Waals surface area contributed by atoms with Crippen molar-refractivity contribution < 1.29 is 4.42 Å². The quantitative estimate of drug-likeness (QED) is 0.145. The van der Waals surface area contributed by atoms with E-state index in [9.17, 15) is 0 Å². The lowest BCUT2D eigenvalue weighted by Gasteiger charge is -2.03. The van der Waals surface area contributed by atoms with Gasteiger partial charge in [0.25, 0.3) is 0 Å². The van der Waals surface area contributed by atoms with Gasteiger partial charge in [0.05, 0.1) is 50.6 Å². The van der Waals surface area contributed by atoms with Crippen LogP contribution in [0.1, 0.15) is 147 Å². The minimum atomic E-state index is 0.750. The van der Waals surface area contributed by atoms with Crippen molar-refractivity contribution in [3.05, 3.63) is 147 Å². The van der Waals surface area contributed by atoms with E-state index < -0.39 is 0 Å². The number of nitrogens with zero attached hydrogens (tertiary/aromatic N) is 13. The summed E-state index contributed by atoms with van der Waals surface area (Å²) in [6.45, 7) is 53.2. The first kappa shape index (κ1) is 64.1. The number of aromatic nitrogens is 13. The molecule has 0 bridgehead atoms. The van der Waals surface area contributed by atoms with Crippen LogP contribution in [0.3, 0.4) is 0 Å². The number of aryl methyl sites for hydroxylation is 16. The summed E-state index contributed by atoms with van der Waals surface area (Å²) in [5.74, 6) is 6.02. The number of oxazole rings is 1. The maximum atomic E-state index is 5.10. The molecule has 398 valence electrons. The molecule has 0 fully saturated rings. The lowest BCUT2D eigenvalue weighted by Crippen LogP contribution is -1.97. The molecule has 0 aromatic carbocycles. The molecule has 0 saturated carbocycles. The van der Waals surface area contributed by atoms with Crippen LogP contribution in [-0.4, -0.2) is 62.9 Å². The van der Waals surface area contributed by atoms with E-state index in [1.807, 2.05) is 132 Å². The third-order valence-electron chi connectivity index (χ3n) is 14.3. The first-order valence-corrected chi connectivity index (χ1v) is 25.4. The van der Waals surface area contributed by atoms with Crippen LogP contribution in [0.5, 0.6) is 0 Å². The summed E-state index contributed by atoms with van der Waals surface area (Å²) in [5, 5.41) is 9.14. The summed E-state index contributed by atoms with van der Waals surface area (Å²) in [6.07, 6.45) is 0. The molecule has 0 N–H and O–H groups in total. The Kier molecular flexibility index (Phi) is 25.2. The second-order valence-corrected chi connectivity index (χ2v) is 20.3. The molecule has 0 amide bonds. The van der Waals surface area contributed by atoms with E-state index in [1.165, 1.54) is 72.0 Å². The molecule has 8 aromatic heterocycles. The van der Waals surface area contributed by atoms with Crippen molar-refractivity contribution in [3.63, 3.8) is 0 Å². The van der Waals surface area contributed by atoms with Crippen LogP contribution in [0.4, 0.5) is 0 Å². The van der Waals surface area contributed by atoms with E-state index >= 15 is 0 Å². The zero-order valence-corrected chi connectivity index (χ0v) is 51.4. The van der Waals surface area contributed by atoms with Gasteiger partial charge < -0.3 is 27.3 Å². The largest absolute Gasteiger partial charge is 0.446 e. The molecule has 0 radical (unpaired) electrons. The molecule has 0 spiro atoms. The minimum absolute atomic E-state index is 0.750. The van der Waals surface area contributed by atoms with E-state index in [0.29, 0.717) is 0 Å². The van der Waals surface area contributed by atoms with Crippen LogP contribution in [0.2, 0.25) is 0 Å². The van der Waals surface area contributed by atoms with E-state index in [-0.39, 0.29) is 0 Å². The first-order chi connectivity index (χ1) is 33.1. The van der Waals surface area contributed by atoms with Crippen LogP contribution in [0, 0.1) is 180 Å². The molecular formula is C57H93N13OS. The average Bonchev–Trinajstić information content (AvgIpc) is 4.09. The van der Waals surface area contributed by atoms with E-state index in [0.717, 1.165) is 74.8 Å². The van der Waals surface area contributed by atoms with Gasteiger partial charge in [-0.05, 0) is 195 Å². The van der Waals surface area contributed by atoms with E-state index in [2.05, 4.69) is 146 Å². The highest BCUT2D eigenvalue weighted by Gasteiger charge is 2.07. The normalized spacial score (nSPS) is 10.2. The number of hydrogen-bond acceptors (Lipinski definition) is 10. The fourth-order valence-corrected chi connectivity index (χ4v) is 7.76. The van der Waals surface area contributed by atoms with Gasteiger partial charge in [0.15, 0.2) is 5.89 Å². The molecule has 72 heavy (non-hydrogen) atoms. The van der Waals surface area contributed by atoms with Crippen LogP contribution < -0.4 is 0 Å². The van der Waals surface area contributed by atoms with Crippen LogP contribution >= 0.6 is 11.3 Å². The van der Waals surface area contributed by atoms with Gasteiger partial charge in [0.1, 0.15) is 29.1 Å². The smallest absolute Gasteiger partial charge is 0.191 e. The third-order valence-corrected chi connectivity index (χ3v) is 15.3. The molecule has 0 saturated heterocycles. The topological polar surface area (TPSA) is 141 Å². The van der Waals surface area contributed by atoms with E-state index in [4.69, 9.17) is 4.42 Å². The lowest BCUT2D eigenvalue weighted by atomic mass is 10.1. The predicted molar refractivity (Wildman–Crippen MR) is 302 cm³/mol. The minimum Gasteiger partial charge on any atom is -0.446 e. The molecule has 8 rings (SSSR count). The van der Waals surface area contributed by atoms with Crippen LogP contribution in [0.15, 0.2) is 4.42 Å². The van der Waals surface area contributed by atoms with Gasteiger partial charge in [-0.1, -0.05) is 0 Å². The van der Waals surface area contributed by atoms with Gasteiger partial charge in [-0.2, -0.15) is 10.2 Å². The summed E-state index contributed by atoms with van der Waals surface area (Å²) in [4.78, 5) is 26.7. The standard InChI is InChI=1S/C9H15N.C8H12N2.4C7H12N2.C6H9NO.C6H9NS/c1-6-7(2)9(4)10(5)8(6)3;1-5-6(2)8(4)10-9-7(5)3;4*1-5-6(2)9(4)7(3)8-5;2*1-4-5(2)8-6(3)7-4/h1-5H3;1-4H3;4*1-4H3;2*1-3H3. The molecule has 0 aliphatic rings. The zero-order valence-electron chi connectivity index (χ0n) is 50.6. The Morgan fingerprint density at radius 3 is 0.681 bits per heavy atom. The maximum Gasteiger partial charge on any atom is 0.191 e. The number of hydrogen-bond donors (Lipinski definition) is 0. The van der Waals surface area contributed by atoms with Crippen molar-refractivity contribution in [1.82, 2.24) is 62.9 Å². The van der Waals surface area contributed by atoms with Gasteiger partial charge in [0.2, 0.25) is 0 Å². The maximum absolute atomic E-state index is 5.10. The second-order valence-electron chi connectivity index (χ2n) is 18.9. The number of imidazole rings is 4. The Balaban J connectivity index is 0.000000412. The van der Waals surface area contributed by atoms with Crippen molar-refractivity contribution in [2.45, 2.75) is 180 Å². The molecule has 8 aromatic rings. The Morgan fingerprint density at radius 1 is 0.292 bits per heavy atom. The van der Waals surface area contributed by atoms with Crippen molar-refractivity contribution >= 4 is 11.3 Å². The highest BCUT2D eigenvalue weighted by atomic mass is 32.1. The number of thiazole rings is 1. The molecule has 0 aliphatic carbocycles.